The number of aromatic hydroxyl groups is 1. The second kappa shape index (κ2) is 12.7. The number of carbonyl (C=O) groups is 3. The van der Waals surface area contributed by atoms with Crippen molar-refractivity contribution in [2.45, 2.75) is 12.2 Å². The Morgan fingerprint density at radius 2 is 1.67 bits per heavy atom. The van der Waals surface area contributed by atoms with Gasteiger partial charge in [-0.1, -0.05) is 0 Å². The summed E-state index contributed by atoms with van der Waals surface area (Å²) in [5, 5.41) is 30.0. The van der Waals surface area contributed by atoms with E-state index in [1.165, 1.54) is 48.5 Å². The van der Waals surface area contributed by atoms with Crippen LogP contribution in [0.4, 0.5) is 18.9 Å². The second-order valence-electron chi connectivity index (χ2n) is 8.77. The summed E-state index contributed by atoms with van der Waals surface area (Å²) in [6.07, 6.45) is -4.07. The number of benzene rings is 3. The van der Waals surface area contributed by atoms with Crippen molar-refractivity contribution in [3.63, 3.8) is 0 Å². The van der Waals surface area contributed by atoms with Gasteiger partial charge in [0.2, 0.25) is 5.91 Å². The number of amides is 1. The number of fused-ring (bicyclic) bond motifs is 2. The van der Waals surface area contributed by atoms with Crippen LogP contribution in [-0.4, -0.2) is 65.8 Å². The molecular weight excluding hydrogens is 621 g/mol. The molecule has 0 fully saturated rings. The van der Waals surface area contributed by atoms with Gasteiger partial charge in [-0.05, 0) is 58.8 Å². The Hall–Kier alpha value is -4.61. The average Bonchev–Trinajstić information content (AvgIpc) is 2.89. The van der Waals surface area contributed by atoms with Gasteiger partial charge < -0.3 is 30.8 Å². The summed E-state index contributed by atoms with van der Waals surface area (Å²) in [4.78, 5) is 45.5. The van der Waals surface area contributed by atoms with Crippen LogP contribution in [0.1, 0.15) is 10.4 Å². The standard InChI is InChI=1S/C24H20N2O8S2.C2HF3O2/c1-36(32,33)35-11-19(25)23(29)26-12-2-5-15(24(30)31)18(8-12)22-16-6-3-13(27)9-20(16)34-21-10-14(28)4-7-17(21)22;3-2(4,5)1(6)7/h2-10,19,27H,11,25H2,1H3,(H,26,29)(H,30,31);(H,6,7)/t19-;/m0./s1. The number of phenolic OH excluding ortho intramolecular Hbond substituents is 1. The maximum absolute atomic E-state index is 12.6. The molecule has 0 aromatic heterocycles. The molecule has 1 aliphatic carbocycles. The monoisotopic (exact) mass is 642 g/mol. The molecule has 0 saturated heterocycles. The SMILES string of the molecule is CS(=O)(=O)SC[C@H](N)C(=O)Nc1ccc(C(=O)O)c(-c2c3ccc(=O)cc-3oc3cc(O)ccc23)c1.O=C(O)C(F)(F)F. The molecule has 1 amide bonds. The van der Waals surface area contributed by atoms with E-state index in [-0.39, 0.29) is 45.1 Å². The first-order chi connectivity index (χ1) is 19.9. The summed E-state index contributed by atoms with van der Waals surface area (Å²) in [5.74, 6) is -4.71. The highest BCUT2D eigenvalue weighted by Crippen LogP contribution is 2.42. The Morgan fingerprint density at radius 3 is 2.26 bits per heavy atom. The zero-order valence-electron chi connectivity index (χ0n) is 21.7. The number of hydrogen-bond donors (Lipinski definition) is 5. The van der Waals surface area contributed by atoms with Gasteiger partial charge in [0, 0.05) is 46.3 Å². The first-order valence-corrected chi connectivity index (χ1v) is 15.0. The Kier molecular flexibility index (Phi) is 9.73. The summed E-state index contributed by atoms with van der Waals surface area (Å²) in [5.41, 5.74) is 6.93. The van der Waals surface area contributed by atoms with Crippen molar-refractivity contribution < 1.29 is 55.7 Å². The molecule has 1 aliphatic heterocycles. The van der Waals surface area contributed by atoms with Crippen molar-refractivity contribution in [3.8, 4) is 28.2 Å². The molecule has 0 spiro atoms. The predicted octanol–water partition coefficient (Wildman–Crippen LogP) is 3.56. The van der Waals surface area contributed by atoms with Crippen molar-refractivity contribution in [2.24, 2.45) is 5.73 Å². The van der Waals surface area contributed by atoms with Crippen LogP contribution in [0.15, 0.2) is 63.8 Å². The lowest BCUT2D eigenvalue weighted by atomic mass is 9.90. The topological polar surface area (TPSA) is 214 Å². The number of nitrogens with two attached hydrogens (primary N) is 1. The zero-order valence-corrected chi connectivity index (χ0v) is 23.3. The van der Waals surface area contributed by atoms with E-state index in [4.69, 9.17) is 20.1 Å². The van der Waals surface area contributed by atoms with Gasteiger partial charge in [-0.15, -0.1) is 0 Å². The molecule has 43 heavy (non-hydrogen) atoms. The second-order valence-corrected chi connectivity index (χ2v) is 13.3. The normalized spacial score (nSPS) is 12.3. The largest absolute Gasteiger partial charge is 0.508 e. The Balaban J connectivity index is 0.000000646. The first kappa shape index (κ1) is 32.9. The lowest BCUT2D eigenvalue weighted by Gasteiger charge is -2.18. The number of phenols is 1. The van der Waals surface area contributed by atoms with Crippen LogP contribution in [-0.2, 0) is 18.5 Å². The van der Waals surface area contributed by atoms with Gasteiger partial charge in [-0.2, -0.15) is 13.2 Å². The van der Waals surface area contributed by atoms with Gasteiger partial charge in [-0.3, -0.25) is 9.59 Å². The molecular formula is C26H21F3N2O10S2. The molecule has 228 valence electrons. The number of aliphatic carboxylic acids is 1. The Morgan fingerprint density at radius 1 is 1.02 bits per heavy atom. The van der Waals surface area contributed by atoms with Gasteiger partial charge in [0.05, 0.1) is 11.6 Å². The van der Waals surface area contributed by atoms with Crippen molar-refractivity contribution in [2.75, 3.05) is 17.3 Å². The van der Waals surface area contributed by atoms with Crippen LogP contribution in [0, 0.1) is 0 Å². The van der Waals surface area contributed by atoms with E-state index >= 15 is 0 Å². The summed E-state index contributed by atoms with van der Waals surface area (Å²) >= 11 is 0. The molecule has 2 aromatic rings. The molecule has 0 unspecified atom stereocenters. The highest BCUT2D eigenvalue weighted by Gasteiger charge is 2.38. The van der Waals surface area contributed by atoms with Crippen LogP contribution in [0.3, 0.4) is 0 Å². The van der Waals surface area contributed by atoms with Crippen LogP contribution in [0.25, 0.3) is 33.4 Å². The molecule has 1 atom stereocenters. The number of rotatable bonds is 7. The van der Waals surface area contributed by atoms with Gasteiger partial charge in [0.15, 0.2) is 14.3 Å². The maximum Gasteiger partial charge on any atom is 0.490 e. The van der Waals surface area contributed by atoms with E-state index in [0.29, 0.717) is 27.3 Å². The van der Waals surface area contributed by atoms with E-state index in [1.54, 1.807) is 6.07 Å². The highest BCUT2D eigenvalue weighted by atomic mass is 33.1. The number of anilines is 1. The summed E-state index contributed by atoms with van der Waals surface area (Å²) in [7, 11) is -2.84. The molecule has 4 rings (SSSR count). The first-order valence-electron chi connectivity index (χ1n) is 11.7. The Labute approximate surface area is 243 Å². The van der Waals surface area contributed by atoms with Gasteiger partial charge in [0.1, 0.15) is 17.1 Å². The minimum Gasteiger partial charge on any atom is -0.508 e. The summed E-state index contributed by atoms with van der Waals surface area (Å²) in [6.45, 7) is 0. The number of carbonyl (C=O) groups excluding carboxylic acids is 1. The van der Waals surface area contributed by atoms with Crippen LogP contribution in [0.2, 0.25) is 0 Å². The van der Waals surface area contributed by atoms with Crippen molar-refractivity contribution in [1.82, 2.24) is 0 Å². The number of alkyl halides is 3. The molecule has 0 bridgehead atoms. The minimum atomic E-state index is -5.08. The molecule has 12 nitrogen and oxygen atoms in total. The third kappa shape index (κ3) is 8.46. The third-order valence-corrected chi connectivity index (χ3v) is 8.12. The fourth-order valence-corrected chi connectivity index (χ4v) is 5.40. The van der Waals surface area contributed by atoms with Crippen molar-refractivity contribution in [3.05, 3.63) is 70.4 Å². The van der Waals surface area contributed by atoms with E-state index in [1.807, 2.05) is 0 Å². The molecule has 6 N–H and O–H groups in total. The number of carboxylic acid groups (broad SMARTS) is 2. The third-order valence-electron chi connectivity index (χ3n) is 5.50. The number of nitrogens with one attached hydrogen (secondary N) is 1. The maximum atomic E-state index is 12.6. The van der Waals surface area contributed by atoms with E-state index in [2.05, 4.69) is 5.32 Å². The summed E-state index contributed by atoms with van der Waals surface area (Å²) < 4.78 is 60.2. The lowest BCUT2D eigenvalue weighted by molar-refractivity contribution is -0.192. The van der Waals surface area contributed by atoms with Gasteiger partial charge in [-0.25, -0.2) is 18.0 Å². The molecule has 0 radical (unpaired) electrons. The van der Waals surface area contributed by atoms with Crippen molar-refractivity contribution >= 4 is 54.2 Å². The Bertz CT molecular complexity index is 1860. The molecule has 1 heterocycles. The van der Waals surface area contributed by atoms with Crippen LogP contribution in [0.5, 0.6) is 5.75 Å². The fraction of sp³-hybridized carbons (Fsp3) is 0.154. The average molecular weight is 643 g/mol. The van der Waals surface area contributed by atoms with E-state index < -0.39 is 38.9 Å². The smallest absolute Gasteiger partial charge is 0.490 e. The zero-order chi connectivity index (χ0) is 32.3. The molecule has 0 saturated carbocycles. The molecule has 17 heteroatoms. The molecule has 2 aliphatic rings. The minimum absolute atomic E-state index is 0.0852. The highest BCUT2D eigenvalue weighted by molar-refractivity contribution is 8.71. The van der Waals surface area contributed by atoms with Gasteiger partial charge >= 0.3 is 18.1 Å². The van der Waals surface area contributed by atoms with Gasteiger partial charge in [0.25, 0.3) is 0 Å². The number of carboxylic acids is 2. The van der Waals surface area contributed by atoms with E-state index in [0.717, 1.165) is 6.26 Å². The van der Waals surface area contributed by atoms with Crippen LogP contribution < -0.4 is 16.5 Å². The fourth-order valence-electron chi connectivity index (χ4n) is 3.67. The number of hydrogen-bond acceptors (Lipinski definition) is 10. The predicted molar refractivity (Wildman–Crippen MR) is 151 cm³/mol. The van der Waals surface area contributed by atoms with Crippen LogP contribution >= 0.6 is 10.8 Å². The van der Waals surface area contributed by atoms with Crippen molar-refractivity contribution in [1.29, 1.82) is 0 Å². The van der Waals surface area contributed by atoms with E-state index in [9.17, 15) is 46.2 Å². The lowest BCUT2D eigenvalue weighted by Crippen LogP contribution is -2.38. The number of halogens is 3. The number of aromatic carboxylic acids is 1. The summed E-state index contributed by atoms with van der Waals surface area (Å²) in [6, 6.07) is 11.4. The quantitative estimate of drug-likeness (QED) is 0.145. The molecule has 2 aromatic carbocycles.